The predicted molar refractivity (Wildman–Crippen MR) is 69.6 cm³/mol. The molecule has 0 spiro atoms. The van der Waals surface area contributed by atoms with E-state index in [0.717, 1.165) is 38.3 Å². The molecule has 0 bridgehead atoms. The minimum absolute atomic E-state index is 0.722. The third kappa shape index (κ3) is 18.8. The minimum atomic E-state index is 0.722. The highest BCUT2D eigenvalue weighted by atomic mass is 16.1. The van der Waals surface area contributed by atoms with Gasteiger partial charge in [0.2, 0.25) is 0 Å². The molecule has 2 heteroatoms. The van der Waals surface area contributed by atoms with Gasteiger partial charge in [-0.1, -0.05) is 38.5 Å². The lowest BCUT2D eigenvalue weighted by molar-refractivity contribution is -0.108. The van der Waals surface area contributed by atoms with Crippen molar-refractivity contribution in [3.05, 3.63) is 13.2 Å². The molecule has 0 radical (unpaired) electrons. The van der Waals surface area contributed by atoms with Crippen molar-refractivity contribution in [2.24, 2.45) is 0 Å². The van der Waals surface area contributed by atoms with Crippen molar-refractivity contribution in [2.75, 3.05) is 0 Å². The van der Waals surface area contributed by atoms with Crippen LogP contribution >= 0.6 is 0 Å². The third-order valence-corrected chi connectivity index (χ3v) is 2.39. The molecule has 0 heterocycles. The van der Waals surface area contributed by atoms with E-state index < -0.39 is 0 Å². The Balaban J connectivity index is 0. The summed E-state index contributed by atoms with van der Waals surface area (Å²) in [5.74, 6) is 0. The Bertz CT molecular complexity index is 128. The lowest BCUT2D eigenvalue weighted by atomic mass is 10.1. The zero-order valence-corrected chi connectivity index (χ0v) is 10.5. The van der Waals surface area contributed by atoms with Crippen LogP contribution in [0.3, 0.4) is 0 Å². The maximum absolute atomic E-state index is 10.0. The summed E-state index contributed by atoms with van der Waals surface area (Å²) in [6.07, 6.45) is 13.0. The molecule has 0 aliphatic heterocycles. The van der Waals surface area contributed by atoms with Crippen LogP contribution in [0.15, 0.2) is 13.2 Å². The highest BCUT2D eigenvalue weighted by Crippen LogP contribution is 2.09. The number of hydrogen-bond acceptors (Lipinski definition) is 2. The van der Waals surface area contributed by atoms with Gasteiger partial charge in [0, 0.05) is 12.8 Å². The molecule has 0 amide bonds. The van der Waals surface area contributed by atoms with Gasteiger partial charge in [0.25, 0.3) is 0 Å². The molecule has 0 aromatic carbocycles. The number of carbonyl (C=O) groups is 2. The summed E-state index contributed by atoms with van der Waals surface area (Å²) in [6, 6.07) is 0. The van der Waals surface area contributed by atoms with Crippen molar-refractivity contribution < 1.29 is 9.59 Å². The summed E-state index contributed by atoms with van der Waals surface area (Å²) in [4.78, 5) is 20.0. The van der Waals surface area contributed by atoms with Crippen molar-refractivity contribution in [3.8, 4) is 0 Å². The third-order valence-electron chi connectivity index (χ3n) is 2.39. The number of carbonyl (C=O) groups excluding carboxylic acids is 2. The van der Waals surface area contributed by atoms with Crippen molar-refractivity contribution >= 4 is 12.6 Å². The molecule has 0 unspecified atom stereocenters. The topological polar surface area (TPSA) is 34.1 Å². The quantitative estimate of drug-likeness (QED) is 0.302. The van der Waals surface area contributed by atoms with E-state index >= 15 is 0 Å². The molecule has 0 rings (SSSR count). The fraction of sp³-hybridized carbons (Fsp3) is 0.714. The van der Waals surface area contributed by atoms with Gasteiger partial charge in [0.15, 0.2) is 0 Å². The summed E-state index contributed by atoms with van der Waals surface area (Å²) in [6.45, 7) is 6.00. The maximum atomic E-state index is 10.0. The van der Waals surface area contributed by atoms with Crippen LogP contribution in [0.4, 0.5) is 0 Å². The van der Waals surface area contributed by atoms with Gasteiger partial charge in [-0.15, -0.1) is 13.2 Å². The second-order valence-electron chi connectivity index (χ2n) is 3.74. The van der Waals surface area contributed by atoms with Gasteiger partial charge in [-0.05, 0) is 12.8 Å². The molecule has 94 valence electrons. The highest BCUT2D eigenvalue weighted by molar-refractivity contribution is 5.49. The number of hydrogen-bond donors (Lipinski definition) is 0. The number of rotatable bonds is 11. The molecule has 0 saturated heterocycles. The van der Waals surface area contributed by atoms with E-state index in [0.29, 0.717) is 0 Å². The van der Waals surface area contributed by atoms with Crippen molar-refractivity contribution in [3.63, 3.8) is 0 Å². The highest BCUT2D eigenvalue weighted by Gasteiger charge is 1.91. The largest absolute Gasteiger partial charge is 0.303 e. The van der Waals surface area contributed by atoms with Gasteiger partial charge in [0.1, 0.15) is 12.6 Å². The number of unbranched alkanes of at least 4 members (excludes halogenated alkanes) is 9. The number of aldehydes is 2. The maximum Gasteiger partial charge on any atom is 0.119 e. The molecular formula is C14H26O2. The second kappa shape index (κ2) is 19.6. The van der Waals surface area contributed by atoms with E-state index in [4.69, 9.17) is 0 Å². The normalized spacial score (nSPS) is 9.00. The van der Waals surface area contributed by atoms with Gasteiger partial charge in [-0.3, -0.25) is 0 Å². The molecule has 0 aliphatic rings. The minimum Gasteiger partial charge on any atom is -0.303 e. The van der Waals surface area contributed by atoms with Gasteiger partial charge >= 0.3 is 0 Å². The Kier molecular flexibility index (Phi) is 21.4. The molecule has 0 atom stereocenters. The Morgan fingerprint density at radius 3 is 1.06 bits per heavy atom. The van der Waals surface area contributed by atoms with E-state index in [2.05, 4.69) is 13.2 Å². The van der Waals surface area contributed by atoms with Crippen LogP contribution in [0.25, 0.3) is 0 Å². The summed E-state index contributed by atoms with van der Waals surface area (Å²) >= 11 is 0. The molecular weight excluding hydrogens is 200 g/mol. The van der Waals surface area contributed by atoms with E-state index in [9.17, 15) is 9.59 Å². The van der Waals surface area contributed by atoms with Crippen LogP contribution in [0.2, 0.25) is 0 Å². The van der Waals surface area contributed by atoms with Crippen molar-refractivity contribution in [1.82, 2.24) is 0 Å². The molecule has 0 N–H and O–H groups in total. The molecule has 16 heavy (non-hydrogen) atoms. The lowest BCUT2D eigenvalue weighted by Gasteiger charge is -1.99. The summed E-state index contributed by atoms with van der Waals surface area (Å²) in [7, 11) is 0. The van der Waals surface area contributed by atoms with Crippen molar-refractivity contribution in [1.29, 1.82) is 0 Å². The average molecular weight is 226 g/mol. The first kappa shape index (κ1) is 17.5. The zero-order chi connectivity index (χ0) is 12.5. The first-order valence-corrected chi connectivity index (χ1v) is 6.29. The van der Waals surface area contributed by atoms with Gasteiger partial charge in [0.05, 0.1) is 0 Å². The summed E-state index contributed by atoms with van der Waals surface area (Å²) < 4.78 is 0. The zero-order valence-electron chi connectivity index (χ0n) is 10.5. The fourth-order valence-corrected chi connectivity index (χ4v) is 1.52. The van der Waals surface area contributed by atoms with E-state index in [1.54, 1.807) is 0 Å². The monoisotopic (exact) mass is 226 g/mol. The van der Waals surface area contributed by atoms with Gasteiger partial charge < -0.3 is 9.59 Å². The summed E-state index contributed by atoms with van der Waals surface area (Å²) in [5.41, 5.74) is 0. The SMILES string of the molecule is C=C.O=CCCCCCCCCCCC=O. The second-order valence-corrected chi connectivity index (χ2v) is 3.74. The molecule has 0 fully saturated rings. The van der Waals surface area contributed by atoms with Gasteiger partial charge in [-0.2, -0.15) is 0 Å². The Morgan fingerprint density at radius 2 is 0.812 bits per heavy atom. The van der Waals surface area contributed by atoms with E-state index in [1.165, 1.54) is 38.5 Å². The molecule has 0 aromatic rings. The standard InChI is InChI=1S/C12H22O2.C2H4/c13-11-9-7-5-3-1-2-4-6-8-10-12-14;1-2/h11-12H,1-10H2;1-2H2. The first-order valence-electron chi connectivity index (χ1n) is 6.29. The predicted octanol–water partition coefficient (Wildman–Crippen LogP) is 4.09. The lowest BCUT2D eigenvalue weighted by Crippen LogP contribution is -1.82. The van der Waals surface area contributed by atoms with Gasteiger partial charge in [-0.25, -0.2) is 0 Å². The fourth-order valence-electron chi connectivity index (χ4n) is 1.52. The van der Waals surface area contributed by atoms with Crippen LogP contribution < -0.4 is 0 Å². The average Bonchev–Trinajstić information content (AvgIpc) is 2.34. The molecule has 0 aliphatic carbocycles. The van der Waals surface area contributed by atoms with E-state index in [-0.39, 0.29) is 0 Å². The van der Waals surface area contributed by atoms with Crippen LogP contribution in [-0.4, -0.2) is 12.6 Å². The van der Waals surface area contributed by atoms with Crippen LogP contribution in [0, 0.1) is 0 Å². The Hall–Kier alpha value is -0.920. The Morgan fingerprint density at radius 1 is 0.562 bits per heavy atom. The Labute approximate surface area is 100 Å². The van der Waals surface area contributed by atoms with Crippen LogP contribution in [0.1, 0.15) is 64.2 Å². The first-order chi connectivity index (χ1) is 7.91. The summed E-state index contributed by atoms with van der Waals surface area (Å²) in [5, 5.41) is 0. The smallest absolute Gasteiger partial charge is 0.119 e. The van der Waals surface area contributed by atoms with Crippen LogP contribution in [0.5, 0.6) is 0 Å². The van der Waals surface area contributed by atoms with Crippen molar-refractivity contribution in [2.45, 2.75) is 64.2 Å². The van der Waals surface area contributed by atoms with E-state index in [1.807, 2.05) is 0 Å². The molecule has 0 saturated carbocycles. The van der Waals surface area contributed by atoms with Crippen LogP contribution in [-0.2, 0) is 9.59 Å². The molecule has 2 nitrogen and oxygen atoms in total. The molecule has 0 aromatic heterocycles.